The Kier molecular flexibility index (Phi) is 8.50. The van der Waals surface area contributed by atoms with Gasteiger partial charge in [-0.2, -0.15) is 5.10 Å². The Hall–Kier alpha value is -2.37. The van der Waals surface area contributed by atoms with Crippen LogP contribution in [0.5, 0.6) is 0 Å². The fraction of sp³-hybridized carbons (Fsp3) is 0.692. The summed E-state index contributed by atoms with van der Waals surface area (Å²) in [7, 11) is -0.438. The summed E-state index contributed by atoms with van der Waals surface area (Å²) in [5.41, 5.74) is 7.25. The first kappa shape index (κ1) is 29.2. The van der Waals surface area contributed by atoms with Gasteiger partial charge in [0, 0.05) is 25.1 Å². The monoisotopic (exact) mass is 537 g/mol. The first-order valence-corrected chi connectivity index (χ1v) is 15.8. The fourth-order valence-corrected chi connectivity index (χ4v) is 5.40. The minimum Gasteiger partial charge on any atom is -0.444 e. The summed E-state index contributed by atoms with van der Waals surface area (Å²) >= 11 is 0. The van der Waals surface area contributed by atoms with Crippen LogP contribution in [-0.2, 0) is 20.4 Å². The third-order valence-electron chi connectivity index (χ3n) is 7.25. The van der Waals surface area contributed by atoms with E-state index in [1.54, 1.807) is 18.0 Å². The predicted molar refractivity (Wildman–Crippen MR) is 148 cm³/mol. The van der Waals surface area contributed by atoms with Crippen molar-refractivity contribution >= 4 is 36.7 Å². The highest BCUT2D eigenvalue weighted by Gasteiger charge is 2.41. The maximum atomic E-state index is 15.1. The van der Waals surface area contributed by atoms with E-state index in [4.69, 9.17) is 19.6 Å². The minimum atomic E-state index is -2.04. The zero-order valence-corrected chi connectivity index (χ0v) is 24.8. The van der Waals surface area contributed by atoms with Crippen LogP contribution in [0.15, 0.2) is 12.3 Å². The molecule has 0 radical (unpaired) electrons. The van der Waals surface area contributed by atoms with Crippen LogP contribution in [-0.4, -0.2) is 68.7 Å². The van der Waals surface area contributed by atoms with Crippen molar-refractivity contribution in [1.29, 1.82) is 0 Å². The van der Waals surface area contributed by atoms with E-state index >= 15 is 4.39 Å². The molecule has 3 N–H and O–H groups in total. The zero-order valence-electron chi connectivity index (χ0n) is 23.8. The van der Waals surface area contributed by atoms with Crippen LogP contribution in [0.1, 0.15) is 48.0 Å². The number of aromatic nitrogens is 2. The number of hydrogen-bond acceptors (Lipinski definition) is 7. The van der Waals surface area contributed by atoms with Crippen LogP contribution in [0.3, 0.4) is 0 Å². The fourth-order valence-electron chi connectivity index (χ4n) is 4.36. The second-order valence-electron chi connectivity index (χ2n) is 12.4. The van der Waals surface area contributed by atoms with E-state index in [-0.39, 0.29) is 17.1 Å². The van der Waals surface area contributed by atoms with E-state index in [0.717, 1.165) is 0 Å². The number of anilines is 2. The highest BCUT2D eigenvalue weighted by molar-refractivity contribution is 6.74. The van der Waals surface area contributed by atoms with E-state index in [2.05, 4.69) is 49.2 Å². The van der Waals surface area contributed by atoms with Crippen molar-refractivity contribution in [2.24, 2.45) is 0 Å². The van der Waals surface area contributed by atoms with Gasteiger partial charge in [0.15, 0.2) is 14.1 Å². The van der Waals surface area contributed by atoms with Crippen LogP contribution >= 0.6 is 0 Å². The highest BCUT2D eigenvalue weighted by Crippen LogP contribution is 2.41. The molecule has 9 nitrogen and oxygen atoms in total. The predicted octanol–water partition coefficient (Wildman–Crippen LogP) is 4.90. The van der Waals surface area contributed by atoms with Gasteiger partial charge in [0.2, 0.25) is 0 Å². The lowest BCUT2D eigenvalue weighted by Gasteiger charge is -2.38. The number of carbonyl (C=O) groups excluding carboxylic acids is 1. The number of nitrogen functional groups attached to an aromatic ring is 1. The molecule has 2 atom stereocenters. The number of hydrogen-bond donors (Lipinski definition) is 2. The van der Waals surface area contributed by atoms with E-state index in [1.165, 1.54) is 6.07 Å². The van der Waals surface area contributed by atoms with Crippen molar-refractivity contribution in [2.75, 3.05) is 37.5 Å². The number of nitrogens with two attached hydrogens (primary N) is 1. The lowest BCUT2D eigenvalue weighted by Crippen LogP contribution is -2.45. The van der Waals surface area contributed by atoms with Gasteiger partial charge in [-0.05, 0) is 45.3 Å². The molecule has 1 saturated heterocycles. The van der Waals surface area contributed by atoms with Crippen molar-refractivity contribution in [3.05, 3.63) is 18.1 Å². The summed E-state index contributed by atoms with van der Waals surface area (Å²) < 4.78 is 33.9. The normalized spacial score (nSPS) is 19.0. The Morgan fingerprint density at radius 3 is 2.54 bits per heavy atom. The van der Waals surface area contributed by atoms with Crippen molar-refractivity contribution in [2.45, 2.75) is 90.3 Å². The third kappa shape index (κ3) is 6.74. The first-order chi connectivity index (χ1) is 17.0. The van der Waals surface area contributed by atoms with Crippen LogP contribution in [0.4, 0.5) is 20.6 Å². The number of methoxy groups -OCH3 is 1. The molecule has 0 bridgehead atoms. The van der Waals surface area contributed by atoms with Crippen LogP contribution in [0.25, 0.3) is 10.9 Å². The number of nitrogens with zero attached hydrogens (tertiary/aromatic N) is 3. The Morgan fingerprint density at radius 2 is 1.95 bits per heavy atom. The third-order valence-corrected chi connectivity index (χ3v) is 11.7. The molecule has 0 unspecified atom stereocenters. The molecule has 1 aromatic heterocycles. The number of halogens is 1. The number of amides is 1. The number of nitrogens with one attached hydrogen (secondary N) is 1. The number of fused-ring (bicyclic) bond motifs is 1. The second kappa shape index (κ2) is 10.8. The summed E-state index contributed by atoms with van der Waals surface area (Å²) in [6, 6.07) is 1.08. The van der Waals surface area contributed by atoms with E-state index < -0.39 is 25.8 Å². The molecular weight excluding hydrogens is 493 g/mol. The van der Waals surface area contributed by atoms with Crippen molar-refractivity contribution < 1.29 is 23.1 Å². The first-order valence-electron chi connectivity index (χ1n) is 12.9. The van der Waals surface area contributed by atoms with E-state index in [9.17, 15) is 4.79 Å². The molecule has 1 amide bonds. The summed E-state index contributed by atoms with van der Waals surface area (Å²) in [6.07, 6.45) is 1.83. The van der Waals surface area contributed by atoms with Gasteiger partial charge in [0.1, 0.15) is 11.1 Å². The average Bonchev–Trinajstić information content (AvgIpc) is 3.33. The zero-order chi connectivity index (χ0) is 27.8. The summed E-state index contributed by atoms with van der Waals surface area (Å²) in [5, 5.41) is 8.10. The van der Waals surface area contributed by atoms with E-state index in [0.29, 0.717) is 55.0 Å². The molecule has 2 heterocycles. The Balaban J connectivity index is 1.97. The Labute approximate surface area is 220 Å². The summed E-state index contributed by atoms with van der Waals surface area (Å²) in [5.74, 6) is -0.429. The number of alkyl carbamates (subject to hydrolysis) is 1. The van der Waals surface area contributed by atoms with Crippen LogP contribution < -0.4 is 16.0 Å². The number of rotatable bonds is 8. The lowest BCUT2D eigenvalue weighted by atomic mass is 10.1. The van der Waals surface area contributed by atoms with Gasteiger partial charge < -0.3 is 29.9 Å². The highest BCUT2D eigenvalue weighted by atomic mass is 28.4. The molecule has 1 fully saturated rings. The van der Waals surface area contributed by atoms with Gasteiger partial charge >= 0.3 is 6.09 Å². The SMILES string of the molecule is COCCn1ncc2c(N3C[C@@H](NC(=O)OC(C)(C)C)C[C@H]3CO[Si](C)(C)C(C)(C)C)c(N)cc(F)c21. The molecule has 1 aliphatic heterocycles. The van der Waals surface area contributed by atoms with Crippen LogP contribution in [0.2, 0.25) is 18.1 Å². The van der Waals surface area contributed by atoms with Gasteiger partial charge in [-0.25, -0.2) is 9.18 Å². The summed E-state index contributed by atoms with van der Waals surface area (Å²) in [4.78, 5) is 14.7. The molecule has 0 aliphatic carbocycles. The van der Waals surface area contributed by atoms with Crippen molar-refractivity contribution in [3.63, 3.8) is 0 Å². The molecule has 37 heavy (non-hydrogen) atoms. The molecule has 3 rings (SSSR count). The quantitative estimate of drug-likeness (QED) is 0.365. The maximum absolute atomic E-state index is 15.1. The number of carbonyl (C=O) groups is 1. The number of ether oxygens (including phenoxy) is 2. The van der Waals surface area contributed by atoms with Gasteiger partial charge in [-0.1, -0.05) is 20.8 Å². The molecule has 11 heteroatoms. The van der Waals surface area contributed by atoms with E-state index in [1.807, 2.05) is 20.8 Å². The largest absolute Gasteiger partial charge is 0.444 e. The Morgan fingerprint density at radius 1 is 1.27 bits per heavy atom. The molecule has 0 spiro atoms. The summed E-state index contributed by atoms with van der Waals surface area (Å²) in [6.45, 7) is 18.3. The molecule has 1 aliphatic rings. The molecule has 0 saturated carbocycles. The minimum absolute atomic E-state index is 0.0509. The number of benzene rings is 1. The molecule has 208 valence electrons. The lowest BCUT2D eigenvalue weighted by molar-refractivity contribution is 0.0507. The van der Waals surface area contributed by atoms with Gasteiger partial charge in [0.25, 0.3) is 0 Å². The maximum Gasteiger partial charge on any atom is 0.407 e. The van der Waals surface area contributed by atoms with Gasteiger partial charge in [-0.15, -0.1) is 0 Å². The molecule has 1 aromatic carbocycles. The molecule has 2 aromatic rings. The average molecular weight is 538 g/mol. The standard InChI is InChI=1S/C26H44FN5O4Si/c1-25(2,3)36-24(33)30-17-12-18(16-35-37(8,9)26(4,5)6)31(15-17)23-19-14-29-32(10-11-34-7)22(19)20(27)13-21(23)28/h13-14,17-18H,10-12,15-16,28H2,1-9H3,(H,30,33)/t17-,18-/m0/s1. The second-order valence-corrected chi connectivity index (χ2v) is 17.2. The molecular formula is C26H44FN5O4Si. The van der Waals surface area contributed by atoms with Gasteiger partial charge in [-0.3, -0.25) is 4.68 Å². The Bertz CT molecular complexity index is 1110. The van der Waals surface area contributed by atoms with Gasteiger partial charge in [0.05, 0.1) is 49.4 Å². The van der Waals surface area contributed by atoms with Crippen molar-refractivity contribution in [1.82, 2.24) is 15.1 Å². The topological polar surface area (TPSA) is 104 Å². The van der Waals surface area contributed by atoms with Crippen LogP contribution in [0, 0.1) is 5.82 Å². The smallest absolute Gasteiger partial charge is 0.407 e. The van der Waals surface area contributed by atoms with Crippen molar-refractivity contribution in [3.8, 4) is 0 Å².